The van der Waals surface area contributed by atoms with E-state index >= 15 is 0 Å². The van der Waals surface area contributed by atoms with Gasteiger partial charge < -0.3 is 19.7 Å². The van der Waals surface area contributed by atoms with E-state index in [9.17, 15) is 18.0 Å². The van der Waals surface area contributed by atoms with Crippen LogP contribution in [-0.2, 0) is 26.2 Å². The minimum Gasteiger partial charge on any atom is -0.497 e. The van der Waals surface area contributed by atoms with Crippen LogP contribution < -0.4 is 19.1 Å². The highest BCUT2D eigenvalue weighted by Crippen LogP contribution is 2.33. The zero-order chi connectivity index (χ0) is 30.7. The molecule has 42 heavy (non-hydrogen) atoms. The van der Waals surface area contributed by atoms with Gasteiger partial charge in [-0.15, -0.1) is 0 Å². The van der Waals surface area contributed by atoms with Crippen molar-refractivity contribution < 1.29 is 27.5 Å². The number of sulfonamides is 1. The van der Waals surface area contributed by atoms with E-state index in [1.165, 1.54) is 17.0 Å². The summed E-state index contributed by atoms with van der Waals surface area (Å²) in [4.78, 5) is 29.1. The van der Waals surface area contributed by atoms with Gasteiger partial charge in [0.05, 0.1) is 24.3 Å². The molecule has 1 N–H and O–H groups in total. The minimum atomic E-state index is -4.19. The molecule has 0 bridgehead atoms. The zero-order valence-electron chi connectivity index (χ0n) is 24.9. The maximum absolute atomic E-state index is 14.2. The second kappa shape index (κ2) is 15.3. The van der Waals surface area contributed by atoms with Crippen molar-refractivity contribution in [2.75, 3.05) is 24.6 Å². The van der Waals surface area contributed by atoms with Gasteiger partial charge in [0.1, 0.15) is 24.1 Å². The first-order valence-electron chi connectivity index (χ1n) is 14.2. The smallest absolute Gasteiger partial charge is 0.264 e. The van der Waals surface area contributed by atoms with E-state index in [1.54, 1.807) is 68.6 Å². The van der Waals surface area contributed by atoms with E-state index in [4.69, 9.17) is 9.47 Å². The third kappa shape index (κ3) is 8.03. The van der Waals surface area contributed by atoms with E-state index < -0.39 is 28.5 Å². The number of amides is 2. The predicted molar refractivity (Wildman–Crippen MR) is 164 cm³/mol. The Labute approximate surface area is 249 Å². The molecule has 0 aliphatic carbocycles. The van der Waals surface area contributed by atoms with Crippen molar-refractivity contribution in [1.82, 2.24) is 10.2 Å². The fourth-order valence-electron chi connectivity index (χ4n) is 4.46. The highest BCUT2D eigenvalue weighted by atomic mass is 32.2. The van der Waals surface area contributed by atoms with Gasteiger partial charge in [-0.05, 0) is 68.7 Å². The lowest BCUT2D eigenvalue weighted by atomic mass is 10.1. The van der Waals surface area contributed by atoms with Crippen LogP contribution in [0.2, 0.25) is 0 Å². The quantitative estimate of drug-likeness (QED) is 0.265. The van der Waals surface area contributed by atoms with Crippen LogP contribution in [0.5, 0.6) is 11.5 Å². The molecule has 0 saturated heterocycles. The Morgan fingerprint density at radius 3 is 2.12 bits per heavy atom. The van der Waals surface area contributed by atoms with Crippen molar-refractivity contribution in [3.63, 3.8) is 0 Å². The molecule has 3 aromatic carbocycles. The maximum Gasteiger partial charge on any atom is 0.264 e. The number of methoxy groups -OCH3 is 1. The number of nitrogens with one attached hydrogen (secondary N) is 1. The molecule has 9 nitrogen and oxygen atoms in total. The monoisotopic (exact) mass is 595 g/mol. The van der Waals surface area contributed by atoms with E-state index in [2.05, 4.69) is 5.32 Å². The number of para-hydroxylation sites is 2. The summed E-state index contributed by atoms with van der Waals surface area (Å²) in [5.74, 6) is 0.171. The fourth-order valence-corrected chi connectivity index (χ4v) is 5.91. The van der Waals surface area contributed by atoms with E-state index in [-0.39, 0.29) is 29.1 Å². The summed E-state index contributed by atoms with van der Waals surface area (Å²) in [6.07, 6.45) is 1.07. The van der Waals surface area contributed by atoms with Crippen LogP contribution in [-0.4, -0.2) is 57.5 Å². The molecule has 0 spiro atoms. The van der Waals surface area contributed by atoms with Crippen LogP contribution in [0.1, 0.15) is 46.1 Å². The standard InChI is InChI=1S/C32H41N3O6S/c1-6-24(4)33-32(37)28(7-2)34(22-25-18-20-26(40-5)21-19-25)31(36)23-35(29-16-12-13-17-30(29)41-8-3)42(38,39)27-14-10-9-11-15-27/h9-21,24,28H,6-8,22-23H2,1-5H3,(H,33,37). The van der Waals surface area contributed by atoms with Crippen LogP contribution in [0.15, 0.2) is 83.8 Å². The molecule has 226 valence electrons. The Hall–Kier alpha value is -4.05. The third-order valence-electron chi connectivity index (χ3n) is 6.94. The number of benzene rings is 3. The first kappa shape index (κ1) is 32.5. The van der Waals surface area contributed by atoms with Gasteiger partial charge in [0.2, 0.25) is 11.8 Å². The molecule has 0 saturated carbocycles. The van der Waals surface area contributed by atoms with Crippen molar-refractivity contribution in [2.24, 2.45) is 0 Å². The number of hydrogen-bond donors (Lipinski definition) is 1. The lowest BCUT2D eigenvalue weighted by Gasteiger charge is -2.34. The van der Waals surface area contributed by atoms with Crippen molar-refractivity contribution in [2.45, 2.75) is 64.1 Å². The molecule has 2 atom stereocenters. The Morgan fingerprint density at radius 2 is 1.52 bits per heavy atom. The number of anilines is 1. The Balaban J connectivity index is 2.09. The summed E-state index contributed by atoms with van der Waals surface area (Å²) in [5, 5.41) is 2.98. The van der Waals surface area contributed by atoms with Gasteiger partial charge in [-0.25, -0.2) is 8.42 Å². The van der Waals surface area contributed by atoms with Gasteiger partial charge in [-0.3, -0.25) is 13.9 Å². The summed E-state index contributed by atoms with van der Waals surface area (Å²) >= 11 is 0. The lowest BCUT2D eigenvalue weighted by Crippen LogP contribution is -2.53. The zero-order valence-corrected chi connectivity index (χ0v) is 25.8. The molecule has 3 aromatic rings. The highest BCUT2D eigenvalue weighted by molar-refractivity contribution is 7.92. The van der Waals surface area contributed by atoms with Crippen LogP contribution in [0.3, 0.4) is 0 Å². The normalized spacial score (nSPS) is 12.6. The molecule has 0 fully saturated rings. The second-order valence-electron chi connectivity index (χ2n) is 9.84. The van der Waals surface area contributed by atoms with Crippen LogP contribution in [0.25, 0.3) is 0 Å². The summed E-state index contributed by atoms with van der Waals surface area (Å²) in [6.45, 7) is 7.37. The average Bonchev–Trinajstić information content (AvgIpc) is 3.00. The van der Waals surface area contributed by atoms with Crippen LogP contribution in [0, 0.1) is 0 Å². The van der Waals surface area contributed by atoms with Gasteiger partial charge in [-0.1, -0.05) is 56.3 Å². The number of carbonyl (C=O) groups is 2. The van der Waals surface area contributed by atoms with Gasteiger partial charge in [0.15, 0.2) is 0 Å². The van der Waals surface area contributed by atoms with Crippen LogP contribution in [0.4, 0.5) is 5.69 Å². The molecule has 2 amide bonds. The number of carbonyl (C=O) groups excluding carboxylic acids is 2. The third-order valence-corrected chi connectivity index (χ3v) is 8.72. The molecular weight excluding hydrogens is 554 g/mol. The van der Waals surface area contributed by atoms with Gasteiger partial charge >= 0.3 is 0 Å². The van der Waals surface area contributed by atoms with Crippen molar-refractivity contribution >= 4 is 27.5 Å². The minimum absolute atomic E-state index is 0.0346. The lowest BCUT2D eigenvalue weighted by molar-refractivity contribution is -0.140. The summed E-state index contributed by atoms with van der Waals surface area (Å²) in [5.41, 5.74) is 1.00. The molecule has 0 radical (unpaired) electrons. The van der Waals surface area contributed by atoms with Crippen LogP contribution >= 0.6 is 0 Å². The number of ether oxygens (including phenoxy) is 2. The SMILES string of the molecule is CCOc1ccccc1N(CC(=O)N(Cc1ccc(OC)cc1)C(CC)C(=O)NC(C)CC)S(=O)(=O)c1ccccc1. The fraction of sp³-hybridized carbons (Fsp3) is 0.375. The number of hydrogen-bond acceptors (Lipinski definition) is 6. The van der Waals surface area contributed by atoms with Gasteiger partial charge in [0.25, 0.3) is 10.0 Å². The first-order chi connectivity index (χ1) is 20.2. The highest BCUT2D eigenvalue weighted by Gasteiger charge is 2.35. The molecule has 3 rings (SSSR count). The second-order valence-corrected chi connectivity index (χ2v) is 11.7. The Kier molecular flexibility index (Phi) is 11.8. The van der Waals surface area contributed by atoms with Crippen molar-refractivity contribution in [3.8, 4) is 11.5 Å². The van der Waals surface area contributed by atoms with E-state index in [0.717, 1.165) is 16.3 Å². The van der Waals surface area contributed by atoms with E-state index in [0.29, 0.717) is 24.5 Å². The topological polar surface area (TPSA) is 105 Å². The molecular formula is C32H41N3O6S. The average molecular weight is 596 g/mol. The molecule has 0 heterocycles. The van der Waals surface area contributed by atoms with Gasteiger partial charge in [-0.2, -0.15) is 0 Å². The number of rotatable bonds is 15. The predicted octanol–water partition coefficient (Wildman–Crippen LogP) is 5.01. The Morgan fingerprint density at radius 1 is 0.881 bits per heavy atom. The first-order valence-corrected chi connectivity index (χ1v) is 15.6. The Bertz CT molecular complexity index is 1410. The van der Waals surface area contributed by atoms with Crippen molar-refractivity contribution in [1.29, 1.82) is 0 Å². The van der Waals surface area contributed by atoms with E-state index in [1.807, 2.05) is 32.9 Å². The molecule has 10 heteroatoms. The van der Waals surface area contributed by atoms with Gasteiger partial charge in [0, 0.05) is 12.6 Å². The molecule has 0 aliphatic heterocycles. The molecule has 2 unspecified atom stereocenters. The summed E-state index contributed by atoms with van der Waals surface area (Å²) in [7, 11) is -2.62. The molecule has 0 aliphatic rings. The summed E-state index contributed by atoms with van der Waals surface area (Å²) in [6, 6.07) is 21.0. The maximum atomic E-state index is 14.2. The summed E-state index contributed by atoms with van der Waals surface area (Å²) < 4.78 is 40.2. The van der Waals surface area contributed by atoms with Crippen molar-refractivity contribution in [3.05, 3.63) is 84.4 Å². The molecule has 0 aromatic heterocycles. The largest absolute Gasteiger partial charge is 0.497 e. The number of nitrogens with zero attached hydrogens (tertiary/aromatic N) is 2.